The van der Waals surface area contributed by atoms with Crippen LogP contribution in [-0.4, -0.2) is 11.5 Å². The maximum Gasteiger partial charge on any atom is 0.142 e. The van der Waals surface area contributed by atoms with Gasteiger partial charge in [0.05, 0.1) is 10.4 Å². The summed E-state index contributed by atoms with van der Waals surface area (Å²) in [5.41, 5.74) is 4.36. The van der Waals surface area contributed by atoms with Gasteiger partial charge in [-0.3, -0.25) is 0 Å². The summed E-state index contributed by atoms with van der Waals surface area (Å²) >= 11 is 3.26. The zero-order valence-corrected chi connectivity index (χ0v) is 16.2. The van der Waals surface area contributed by atoms with Crippen LogP contribution >= 0.6 is 22.7 Å². The first-order chi connectivity index (χ1) is 12.7. The van der Waals surface area contributed by atoms with Crippen LogP contribution in [0.15, 0.2) is 64.8 Å². The molecule has 0 aliphatic heterocycles. The molecule has 26 heavy (non-hydrogen) atoms. The van der Waals surface area contributed by atoms with Crippen LogP contribution in [0.25, 0.3) is 20.1 Å². The van der Waals surface area contributed by atoms with Crippen LogP contribution in [-0.2, 0) is 0 Å². The number of azo groups is 1. The number of thiazole rings is 1. The predicted molar refractivity (Wildman–Crippen MR) is 112 cm³/mol. The lowest BCUT2D eigenvalue weighted by atomic mass is 10.2. The number of benzene rings is 2. The lowest BCUT2D eigenvalue weighted by Crippen LogP contribution is -1.95. The van der Waals surface area contributed by atoms with Crippen LogP contribution in [0.1, 0.15) is 12.5 Å². The van der Waals surface area contributed by atoms with Gasteiger partial charge in [0.25, 0.3) is 0 Å². The highest BCUT2D eigenvalue weighted by Crippen LogP contribution is 2.39. The third-order valence-corrected chi connectivity index (χ3v) is 5.98. The molecule has 0 saturated carbocycles. The monoisotopic (exact) mass is 378 g/mol. The minimum atomic E-state index is 0.863. The fourth-order valence-corrected chi connectivity index (χ4v) is 4.59. The van der Waals surface area contributed by atoms with Crippen molar-refractivity contribution in [3.05, 3.63) is 60.2 Å². The van der Waals surface area contributed by atoms with Crippen LogP contribution < -0.4 is 5.32 Å². The Kier molecular flexibility index (Phi) is 4.77. The Bertz CT molecular complexity index is 1010. The third kappa shape index (κ3) is 3.66. The molecule has 0 spiro atoms. The van der Waals surface area contributed by atoms with Crippen molar-refractivity contribution in [2.24, 2.45) is 10.2 Å². The number of fused-ring (bicyclic) bond motifs is 1. The molecule has 0 fully saturated rings. The number of nitrogens with zero attached hydrogens (tertiary/aromatic N) is 3. The average molecular weight is 379 g/mol. The number of nitrogens with one attached hydrogen (secondary N) is 1. The summed E-state index contributed by atoms with van der Waals surface area (Å²) in [4.78, 5) is 5.77. The molecule has 0 unspecified atom stereocenters. The molecule has 0 aliphatic rings. The summed E-state index contributed by atoms with van der Waals surface area (Å²) in [7, 11) is 0. The van der Waals surface area contributed by atoms with E-state index < -0.39 is 0 Å². The van der Waals surface area contributed by atoms with E-state index in [0.29, 0.717) is 0 Å². The first-order valence-corrected chi connectivity index (χ1v) is 10.1. The van der Waals surface area contributed by atoms with E-state index in [-0.39, 0.29) is 0 Å². The van der Waals surface area contributed by atoms with E-state index in [2.05, 4.69) is 59.7 Å². The maximum absolute atomic E-state index is 4.76. The molecule has 2 heterocycles. The molecular weight excluding hydrogens is 360 g/mol. The van der Waals surface area contributed by atoms with E-state index in [4.69, 9.17) is 4.98 Å². The largest absolute Gasteiger partial charge is 0.385 e. The summed E-state index contributed by atoms with van der Waals surface area (Å²) in [6, 6.07) is 18.5. The molecule has 2 aromatic heterocycles. The van der Waals surface area contributed by atoms with Gasteiger partial charge in [0.1, 0.15) is 14.8 Å². The number of aryl methyl sites for hydroxylation is 1. The van der Waals surface area contributed by atoms with Crippen molar-refractivity contribution >= 4 is 48.6 Å². The van der Waals surface area contributed by atoms with Crippen molar-refractivity contribution in [2.45, 2.75) is 13.8 Å². The Morgan fingerprint density at radius 3 is 2.42 bits per heavy atom. The summed E-state index contributed by atoms with van der Waals surface area (Å²) in [5, 5.41) is 13.9. The van der Waals surface area contributed by atoms with Crippen molar-refractivity contribution in [1.29, 1.82) is 0 Å². The Labute approximate surface area is 160 Å². The molecule has 0 saturated heterocycles. The summed E-state index contributed by atoms with van der Waals surface area (Å²) in [5.74, 6) is 0. The van der Waals surface area contributed by atoms with E-state index in [1.807, 2.05) is 24.3 Å². The fraction of sp³-hybridized carbons (Fsp3) is 0.150. The third-order valence-electron chi connectivity index (χ3n) is 3.89. The number of thiophene rings is 1. The van der Waals surface area contributed by atoms with E-state index in [1.54, 1.807) is 22.7 Å². The number of anilines is 1. The van der Waals surface area contributed by atoms with E-state index in [1.165, 1.54) is 5.56 Å². The van der Waals surface area contributed by atoms with Gasteiger partial charge in [-0.1, -0.05) is 29.0 Å². The molecule has 0 amide bonds. The SMILES string of the molecule is CCNc1ccc(-c2nc3sc(N=Nc4ccc(C)cc4)cc3s2)cc1. The molecule has 4 rings (SSSR count). The quantitative estimate of drug-likeness (QED) is 0.374. The number of hydrogen-bond acceptors (Lipinski definition) is 6. The second kappa shape index (κ2) is 7.35. The van der Waals surface area contributed by atoms with Crippen LogP contribution in [0.2, 0.25) is 0 Å². The van der Waals surface area contributed by atoms with Gasteiger partial charge < -0.3 is 5.32 Å². The van der Waals surface area contributed by atoms with Gasteiger partial charge in [0.15, 0.2) is 0 Å². The molecular formula is C20H18N4S2. The summed E-state index contributed by atoms with van der Waals surface area (Å²) in [6.07, 6.45) is 0. The second-order valence-electron chi connectivity index (χ2n) is 5.92. The zero-order chi connectivity index (χ0) is 17.9. The molecule has 0 atom stereocenters. The molecule has 6 heteroatoms. The minimum absolute atomic E-state index is 0.863. The molecule has 0 radical (unpaired) electrons. The minimum Gasteiger partial charge on any atom is -0.385 e. The Morgan fingerprint density at radius 2 is 1.73 bits per heavy atom. The molecule has 130 valence electrons. The van der Waals surface area contributed by atoms with Crippen LogP contribution in [0.5, 0.6) is 0 Å². The Morgan fingerprint density at radius 1 is 0.962 bits per heavy atom. The second-order valence-corrected chi connectivity index (χ2v) is 7.96. The number of rotatable bonds is 5. The summed E-state index contributed by atoms with van der Waals surface area (Å²) in [6.45, 7) is 5.08. The maximum atomic E-state index is 4.76. The molecule has 4 aromatic rings. The predicted octanol–water partition coefficient (Wildman–Crippen LogP) is 7.18. The normalized spacial score (nSPS) is 11.5. The van der Waals surface area contributed by atoms with E-state index in [9.17, 15) is 0 Å². The lowest BCUT2D eigenvalue weighted by Gasteiger charge is -2.03. The topological polar surface area (TPSA) is 49.6 Å². The molecule has 0 aliphatic carbocycles. The highest BCUT2D eigenvalue weighted by Gasteiger charge is 2.10. The van der Waals surface area contributed by atoms with Crippen LogP contribution in [0.4, 0.5) is 16.4 Å². The fourth-order valence-electron chi connectivity index (χ4n) is 2.55. The Balaban J connectivity index is 1.54. The van der Waals surface area contributed by atoms with E-state index in [0.717, 1.165) is 43.0 Å². The van der Waals surface area contributed by atoms with Crippen molar-refractivity contribution in [3.63, 3.8) is 0 Å². The van der Waals surface area contributed by atoms with Crippen molar-refractivity contribution < 1.29 is 0 Å². The highest BCUT2D eigenvalue weighted by molar-refractivity contribution is 7.30. The smallest absolute Gasteiger partial charge is 0.142 e. The van der Waals surface area contributed by atoms with Gasteiger partial charge >= 0.3 is 0 Å². The van der Waals surface area contributed by atoms with E-state index >= 15 is 0 Å². The highest BCUT2D eigenvalue weighted by atomic mass is 32.1. The molecule has 0 bridgehead atoms. The first kappa shape index (κ1) is 16.9. The van der Waals surface area contributed by atoms with Crippen LogP contribution in [0.3, 0.4) is 0 Å². The molecule has 4 nitrogen and oxygen atoms in total. The Hall–Kier alpha value is -2.57. The van der Waals surface area contributed by atoms with Gasteiger partial charge in [-0.2, -0.15) is 0 Å². The standard InChI is InChI=1S/C20H18N4S2/c1-3-21-15-10-6-14(7-11-15)19-22-20-17(25-19)12-18(26-20)24-23-16-8-4-13(2)5-9-16/h4-12,21H,3H2,1-2H3. The van der Waals surface area contributed by atoms with Crippen molar-refractivity contribution in [3.8, 4) is 10.6 Å². The molecule has 2 aromatic carbocycles. The zero-order valence-electron chi connectivity index (χ0n) is 14.6. The average Bonchev–Trinajstić information content (AvgIpc) is 3.21. The van der Waals surface area contributed by atoms with Gasteiger partial charge in [-0.25, -0.2) is 4.98 Å². The van der Waals surface area contributed by atoms with Crippen LogP contribution in [0, 0.1) is 6.92 Å². The van der Waals surface area contributed by atoms with Gasteiger partial charge in [-0.05, 0) is 56.3 Å². The number of hydrogen-bond donors (Lipinski definition) is 1. The number of aromatic nitrogens is 1. The van der Waals surface area contributed by atoms with Gasteiger partial charge in [0.2, 0.25) is 0 Å². The van der Waals surface area contributed by atoms with Crippen molar-refractivity contribution in [1.82, 2.24) is 4.98 Å². The summed E-state index contributed by atoms with van der Waals surface area (Å²) < 4.78 is 1.15. The molecule has 1 N–H and O–H groups in total. The van der Waals surface area contributed by atoms with Gasteiger partial charge in [0, 0.05) is 17.8 Å². The van der Waals surface area contributed by atoms with Crippen molar-refractivity contribution in [2.75, 3.05) is 11.9 Å². The van der Waals surface area contributed by atoms with Gasteiger partial charge in [-0.15, -0.1) is 21.6 Å². The lowest BCUT2D eigenvalue weighted by molar-refractivity contribution is 1.21. The first-order valence-electron chi connectivity index (χ1n) is 8.44.